The smallest absolute Gasteiger partial charge is 0.410 e. The number of aryl methyl sites for hydroxylation is 2. The number of rotatable bonds is 1. The van der Waals surface area contributed by atoms with Crippen molar-refractivity contribution in [3.8, 4) is 0 Å². The van der Waals surface area contributed by atoms with Gasteiger partial charge in [-0.1, -0.05) is 18.2 Å². The Kier molecular flexibility index (Phi) is 4.59. The van der Waals surface area contributed by atoms with E-state index in [-0.39, 0.29) is 18.2 Å². The predicted octanol–water partition coefficient (Wildman–Crippen LogP) is 3.60. The third-order valence-corrected chi connectivity index (χ3v) is 3.97. The lowest BCUT2D eigenvalue weighted by Crippen LogP contribution is -2.45. The Morgan fingerprint density at radius 3 is 2.32 bits per heavy atom. The molecule has 1 aromatic carbocycles. The summed E-state index contributed by atoms with van der Waals surface area (Å²) in [6, 6.07) is 6.08. The van der Waals surface area contributed by atoms with E-state index in [0.29, 0.717) is 13.0 Å². The highest BCUT2D eigenvalue weighted by Crippen LogP contribution is 2.30. The summed E-state index contributed by atoms with van der Waals surface area (Å²) in [6.45, 7) is 10.3. The fourth-order valence-corrected chi connectivity index (χ4v) is 2.99. The third kappa shape index (κ3) is 3.67. The molecule has 1 aliphatic heterocycles. The zero-order valence-corrected chi connectivity index (χ0v) is 14.1. The van der Waals surface area contributed by atoms with Crippen molar-refractivity contribution in [1.29, 1.82) is 0 Å². The molecule has 0 aromatic heterocycles. The summed E-state index contributed by atoms with van der Waals surface area (Å²) in [5, 5.41) is 0. The molecule has 0 bridgehead atoms. The molecule has 0 aliphatic carbocycles. The van der Waals surface area contributed by atoms with Gasteiger partial charge in [-0.25, -0.2) is 4.79 Å². The van der Waals surface area contributed by atoms with Gasteiger partial charge in [0.1, 0.15) is 5.60 Å². The molecule has 1 atom stereocenters. The molecule has 22 heavy (non-hydrogen) atoms. The molecule has 4 heteroatoms. The zero-order valence-electron chi connectivity index (χ0n) is 14.1. The maximum absolute atomic E-state index is 12.5. The van der Waals surface area contributed by atoms with E-state index in [0.717, 1.165) is 16.7 Å². The summed E-state index contributed by atoms with van der Waals surface area (Å²) < 4.78 is 5.35. The van der Waals surface area contributed by atoms with Crippen LogP contribution in [0.2, 0.25) is 0 Å². The summed E-state index contributed by atoms with van der Waals surface area (Å²) in [7, 11) is 0. The van der Waals surface area contributed by atoms with Crippen LogP contribution in [0.1, 0.15) is 49.8 Å². The van der Waals surface area contributed by atoms with E-state index in [1.807, 2.05) is 52.8 Å². The number of likely N-dealkylation sites (tertiary alicyclic amines) is 1. The Morgan fingerprint density at radius 1 is 1.23 bits per heavy atom. The molecule has 0 saturated carbocycles. The zero-order chi connectivity index (χ0) is 16.5. The van der Waals surface area contributed by atoms with E-state index in [4.69, 9.17) is 4.74 Å². The van der Waals surface area contributed by atoms with E-state index in [1.54, 1.807) is 0 Å². The molecule has 0 N–H and O–H groups in total. The number of amides is 1. The van der Waals surface area contributed by atoms with E-state index in [1.165, 1.54) is 4.90 Å². The average Bonchev–Trinajstić information content (AvgIpc) is 2.38. The molecular formula is C18H25NO3. The van der Waals surface area contributed by atoms with Crippen LogP contribution < -0.4 is 0 Å². The minimum atomic E-state index is -0.538. The Balaban J connectivity index is 2.11. The lowest BCUT2D eigenvalue weighted by atomic mass is 9.83. The van der Waals surface area contributed by atoms with Crippen LogP contribution in [0, 0.1) is 13.8 Å². The molecular weight excluding hydrogens is 278 g/mol. The fourth-order valence-electron chi connectivity index (χ4n) is 2.99. The van der Waals surface area contributed by atoms with Gasteiger partial charge in [-0.2, -0.15) is 0 Å². The van der Waals surface area contributed by atoms with Gasteiger partial charge in [0.15, 0.2) is 5.78 Å². The monoisotopic (exact) mass is 303 g/mol. The normalized spacial score (nSPS) is 19.2. The quantitative estimate of drug-likeness (QED) is 0.796. The molecule has 1 aliphatic rings. The van der Waals surface area contributed by atoms with E-state index in [9.17, 15) is 9.59 Å². The number of carbonyl (C=O) groups excluding carboxylic acids is 2. The van der Waals surface area contributed by atoms with Gasteiger partial charge in [0.05, 0.1) is 6.54 Å². The number of Topliss-reactive ketones (excluding diaryl/α,β-unsaturated/α-hetero) is 1. The van der Waals surface area contributed by atoms with Crippen molar-refractivity contribution in [2.24, 2.45) is 0 Å². The Labute approximate surface area is 132 Å². The molecule has 1 heterocycles. The largest absolute Gasteiger partial charge is 0.444 e. The molecule has 1 fully saturated rings. The molecule has 0 spiro atoms. The van der Waals surface area contributed by atoms with E-state index >= 15 is 0 Å². The predicted molar refractivity (Wildman–Crippen MR) is 86.1 cm³/mol. The number of carbonyl (C=O) groups is 2. The first-order valence-corrected chi connectivity index (χ1v) is 7.76. The van der Waals surface area contributed by atoms with Crippen LogP contribution in [0.3, 0.4) is 0 Å². The van der Waals surface area contributed by atoms with E-state index in [2.05, 4.69) is 0 Å². The van der Waals surface area contributed by atoms with Gasteiger partial charge in [-0.3, -0.25) is 4.79 Å². The van der Waals surface area contributed by atoms with E-state index < -0.39 is 11.7 Å². The molecule has 120 valence electrons. The second-order valence-electron chi connectivity index (χ2n) is 7.01. The molecule has 1 amide bonds. The van der Waals surface area contributed by atoms with Crippen molar-refractivity contribution in [1.82, 2.24) is 4.90 Å². The molecule has 1 unspecified atom stereocenters. The van der Waals surface area contributed by atoms with Gasteiger partial charge >= 0.3 is 6.09 Å². The summed E-state index contributed by atoms with van der Waals surface area (Å²) in [5.74, 6) is -0.0191. The topological polar surface area (TPSA) is 46.6 Å². The van der Waals surface area contributed by atoms with Gasteiger partial charge in [0, 0.05) is 12.5 Å². The highest BCUT2D eigenvalue weighted by Gasteiger charge is 2.33. The van der Waals surface area contributed by atoms with Gasteiger partial charge in [-0.15, -0.1) is 0 Å². The number of ketones is 1. The van der Waals surface area contributed by atoms with Gasteiger partial charge in [0.25, 0.3) is 0 Å². The number of hydrogen-bond donors (Lipinski definition) is 0. The molecule has 1 saturated heterocycles. The lowest BCUT2D eigenvalue weighted by Gasteiger charge is -2.33. The second-order valence-corrected chi connectivity index (χ2v) is 7.01. The highest BCUT2D eigenvalue weighted by atomic mass is 16.6. The van der Waals surface area contributed by atoms with Crippen molar-refractivity contribution in [3.05, 3.63) is 34.9 Å². The summed E-state index contributed by atoms with van der Waals surface area (Å²) in [4.78, 5) is 26.1. The van der Waals surface area contributed by atoms with Crippen molar-refractivity contribution < 1.29 is 14.3 Å². The molecule has 4 nitrogen and oxygen atoms in total. The average molecular weight is 303 g/mol. The summed E-state index contributed by atoms with van der Waals surface area (Å²) in [5.41, 5.74) is 2.87. The van der Waals surface area contributed by atoms with Crippen LogP contribution >= 0.6 is 0 Å². The maximum Gasteiger partial charge on any atom is 0.410 e. The fraction of sp³-hybridized carbons (Fsp3) is 0.556. The lowest BCUT2D eigenvalue weighted by molar-refractivity contribution is -0.123. The standard InChI is InChI=1S/C18H25NO3/c1-12-7-6-8-13(2)16(12)14-9-10-19(11-15(14)20)17(21)22-18(3,4)5/h6-8,14H,9-11H2,1-5H3. The maximum atomic E-state index is 12.5. The summed E-state index contributed by atoms with van der Waals surface area (Å²) >= 11 is 0. The first kappa shape index (κ1) is 16.5. The number of hydrogen-bond acceptors (Lipinski definition) is 3. The Morgan fingerprint density at radius 2 is 1.82 bits per heavy atom. The van der Waals surface area contributed by atoms with Gasteiger partial charge in [-0.05, 0) is 57.7 Å². The highest BCUT2D eigenvalue weighted by molar-refractivity contribution is 5.91. The Bertz CT molecular complexity index is 566. The minimum absolute atomic E-state index is 0.0921. The number of benzene rings is 1. The first-order chi connectivity index (χ1) is 10.2. The van der Waals surface area contributed by atoms with Crippen LogP contribution in [0.25, 0.3) is 0 Å². The number of piperidine rings is 1. The van der Waals surface area contributed by atoms with Crippen LogP contribution in [0.15, 0.2) is 18.2 Å². The molecule has 2 rings (SSSR count). The van der Waals surface area contributed by atoms with Crippen LogP contribution in [0.5, 0.6) is 0 Å². The van der Waals surface area contributed by atoms with Gasteiger partial charge in [0.2, 0.25) is 0 Å². The van der Waals surface area contributed by atoms with Crippen molar-refractivity contribution in [2.75, 3.05) is 13.1 Å². The van der Waals surface area contributed by atoms with Crippen molar-refractivity contribution in [2.45, 2.75) is 52.6 Å². The van der Waals surface area contributed by atoms with Crippen molar-refractivity contribution in [3.63, 3.8) is 0 Å². The van der Waals surface area contributed by atoms with Crippen LogP contribution in [0.4, 0.5) is 4.79 Å². The minimum Gasteiger partial charge on any atom is -0.444 e. The van der Waals surface area contributed by atoms with Crippen LogP contribution in [-0.2, 0) is 9.53 Å². The van der Waals surface area contributed by atoms with Crippen LogP contribution in [-0.4, -0.2) is 35.5 Å². The number of nitrogens with zero attached hydrogens (tertiary/aromatic N) is 1. The molecule has 1 aromatic rings. The Hall–Kier alpha value is -1.84. The third-order valence-electron chi connectivity index (χ3n) is 3.97. The first-order valence-electron chi connectivity index (χ1n) is 7.76. The second kappa shape index (κ2) is 6.11. The SMILES string of the molecule is Cc1cccc(C)c1C1CCN(C(=O)OC(C)(C)C)CC1=O. The van der Waals surface area contributed by atoms with Gasteiger partial charge < -0.3 is 9.64 Å². The number of ether oxygens (including phenoxy) is 1. The summed E-state index contributed by atoms with van der Waals surface area (Å²) in [6.07, 6.45) is 0.254. The molecule has 0 radical (unpaired) electrons. The van der Waals surface area contributed by atoms with Crippen molar-refractivity contribution >= 4 is 11.9 Å².